The lowest BCUT2D eigenvalue weighted by atomic mass is 9.94. The van der Waals surface area contributed by atoms with Crippen molar-refractivity contribution >= 4 is 17.4 Å². The molecule has 3 aromatic carbocycles. The fourth-order valence-corrected chi connectivity index (χ4v) is 4.83. The quantitative estimate of drug-likeness (QED) is 0.336. The SMILES string of the molecule is Cc1ccc([C@@H]2C(=C(O)c3ccc4c(c3)C[C@@H](C)O4)C(=O)C(=O)N2CCc2ccccc2)cc1. The molecule has 0 aromatic heterocycles. The molecule has 1 saturated heterocycles. The van der Waals surface area contributed by atoms with Gasteiger partial charge < -0.3 is 14.7 Å². The van der Waals surface area contributed by atoms with E-state index in [9.17, 15) is 14.7 Å². The van der Waals surface area contributed by atoms with Gasteiger partial charge in [-0.1, -0.05) is 60.2 Å². The number of ketones is 1. The molecule has 5 rings (SSSR count). The number of Topliss-reactive ketones (excluding diaryl/α,β-unsaturated/α-hetero) is 1. The molecule has 0 unspecified atom stereocenters. The average Bonchev–Trinajstić information content (AvgIpc) is 3.34. The van der Waals surface area contributed by atoms with Gasteiger partial charge in [-0.05, 0) is 55.2 Å². The molecule has 0 radical (unpaired) electrons. The second kappa shape index (κ2) is 8.82. The maximum absolute atomic E-state index is 13.2. The molecule has 0 bridgehead atoms. The lowest BCUT2D eigenvalue weighted by Crippen LogP contribution is -2.31. The summed E-state index contributed by atoms with van der Waals surface area (Å²) in [6.07, 6.45) is 1.43. The third kappa shape index (κ3) is 3.98. The maximum Gasteiger partial charge on any atom is 0.295 e. The Morgan fingerprint density at radius 3 is 2.50 bits per heavy atom. The number of fused-ring (bicyclic) bond motifs is 1. The summed E-state index contributed by atoms with van der Waals surface area (Å²) >= 11 is 0. The van der Waals surface area contributed by atoms with E-state index in [4.69, 9.17) is 4.74 Å². The van der Waals surface area contributed by atoms with Crippen LogP contribution >= 0.6 is 0 Å². The first-order valence-electron chi connectivity index (χ1n) is 11.6. The number of carbonyl (C=O) groups is 2. The fraction of sp³-hybridized carbons (Fsp3) is 0.241. The Hall–Kier alpha value is -3.86. The molecule has 2 aliphatic rings. The zero-order valence-corrected chi connectivity index (χ0v) is 19.3. The third-order valence-electron chi connectivity index (χ3n) is 6.59. The van der Waals surface area contributed by atoms with Crippen LogP contribution in [0.4, 0.5) is 0 Å². The number of ether oxygens (including phenoxy) is 1. The first-order valence-corrected chi connectivity index (χ1v) is 11.6. The topological polar surface area (TPSA) is 66.8 Å². The van der Waals surface area contributed by atoms with E-state index >= 15 is 0 Å². The van der Waals surface area contributed by atoms with Crippen molar-refractivity contribution in [1.29, 1.82) is 0 Å². The smallest absolute Gasteiger partial charge is 0.295 e. The van der Waals surface area contributed by atoms with E-state index in [-0.39, 0.29) is 17.4 Å². The molecule has 2 aliphatic heterocycles. The molecule has 0 saturated carbocycles. The lowest BCUT2D eigenvalue weighted by molar-refractivity contribution is -0.139. The standard InChI is InChI=1S/C29H27NO4/c1-18-8-10-21(11-9-18)26-25(27(31)22-12-13-24-23(17-22)16-19(2)34-24)28(32)29(33)30(26)15-14-20-6-4-3-5-7-20/h3-13,17,19,26,31H,14-16H2,1-2H3/t19-,26-/m1/s1. The summed E-state index contributed by atoms with van der Waals surface area (Å²) in [4.78, 5) is 28.0. The Morgan fingerprint density at radius 2 is 1.76 bits per heavy atom. The van der Waals surface area contributed by atoms with E-state index in [1.165, 1.54) is 0 Å². The molecule has 5 heteroatoms. The summed E-state index contributed by atoms with van der Waals surface area (Å²) < 4.78 is 5.77. The molecule has 2 heterocycles. The highest BCUT2D eigenvalue weighted by molar-refractivity contribution is 6.46. The molecular formula is C29H27NO4. The van der Waals surface area contributed by atoms with E-state index in [0.29, 0.717) is 18.5 Å². The highest BCUT2D eigenvalue weighted by Gasteiger charge is 2.45. The number of likely N-dealkylation sites (tertiary alicyclic amines) is 1. The van der Waals surface area contributed by atoms with E-state index in [1.54, 1.807) is 11.0 Å². The van der Waals surface area contributed by atoms with Crippen LogP contribution in [0.15, 0.2) is 78.4 Å². The van der Waals surface area contributed by atoms with E-state index in [1.807, 2.05) is 80.6 Å². The Labute approximate surface area is 199 Å². The minimum atomic E-state index is -0.652. The molecule has 3 aromatic rings. The van der Waals surface area contributed by atoms with Crippen LogP contribution in [-0.2, 0) is 22.4 Å². The molecule has 34 heavy (non-hydrogen) atoms. The van der Waals surface area contributed by atoms with Crippen LogP contribution in [0, 0.1) is 6.92 Å². The number of nitrogens with zero attached hydrogens (tertiary/aromatic N) is 1. The van der Waals surface area contributed by atoms with Crippen molar-refractivity contribution in [3.05, 3.63) is 106 Å². The van der Waals surface area contributed by atoms with Crippen molar-refractivity contribution in [3.8, 4) is 5.75 Å². The minimum Gasteiger partial charge on any atom is -0.507 e. The molecule has 1 amide bonds. The van der Waals surface area contributed by atoms with E-state index < -0.39 is 17.7 Å². The summed E-state index contributed by atoms with van der Waals surface area (Å²) in [6, 6.07) is 22.4. The highest BCUT2D eigenvalue weighted by Crippen LogP contribution is 2.40. The zero-order valence-electron chi connectivity index (χ0n) is 19.3. The third-order valence-corrected chi connectivity index (χ3v) is 6.59. The van der Waals surface area contributed by atoms with Gasteiger partial charge in [0.25, 0.3) is 11.7 Å². The Kier molecular flexibility index (Phi) is 5.70. The fourth-order valence-electron chi connectivity index (χ4n) is 4.83. The van der Waals surface area contributed by atoms with Crippen molar-refractivity contribution in [1.82, 2.24) is 4.90 Å². The Morgan fingerprint density at radius 1 is 1.03 bits per heavy atom. The number of aliphatic hydroxyl groups is 1. The van der Waals surface area contributed by atoms with Crippen LogP contribution in [0.3, 0.4) is 0 Å². The number of hydrogen-bond acceptors (Lipinski definition) is 4. The Balaban J connectivity index is 1.57. The van der Waals surface area contributed by atoms with Gasteiger partial charge >= 0.3 is 0 Å². The van der Waals surface area contributed by atoms with Gasteiger partial charge in [-0.2, -0.15) is 0 Å². The van der Waals surface area contributed by atoms with Gasteiger partial charge in [0.2, 0.25) is 0 Å². The van der Waals surface area contributed by atoms with Crippen molar-refractivity contribution in [2.75, 3.05) is 6.54 Å². The van der Waals surface area contributed by atoms with Gasteiger partial charge in [0.15, 0.2) is 0 Å². The van der Waals surface area contributed by atoms with Crippen LogP contribution in [0.25, 0.3) is 5.76 Å². The summed E-state index contributed by atoms with van der Waals surface area (Å²) in [6.45, 7) is 4.36. The molecule has 5 nitrogen and oxygen atoms in total. The summed E-state index contributed by atoms with van der Waals surface area (Å²) in [5.41, 5.74) is 4.61. The molecule has 172 valence electrons. The predicted molar refractivity (Wildman–Crippen MR) is 131 cm³/mol. The van der Waals surface area contributed by atoms with Gasteiger partial charge in [0, 0.05) is 18.5 Å². The number of rotatable bonds is 5. The number of aliphatic hydroxyl groups excluding tert-OH is 1. The first-order chi connectivity index (χ1) is 16.4. The number of benzene rings is 3. The van der Waals surface area contributed by atoms with Crippen LogP contribution in [0.2, 0.25) is 0 Å². The van der Waals surface area contributed by atoms with Crippen molar-refractivity contribution < 1.29 is 19.4 Å². The molecule has 0 spiro atoms. The predicted octanol–water partition coefficient (Wildman–Crippen LogP) is 4.98. The van der Waals surface area contributed by atoms with Crippen LogP contribution in [-0.4, -0.2) is 34.3 Å². The second-order valence-electron chi connectivity index (χ2n) is 9.09. The lowest BCUT2D eigenvalue weighted by Gasteiger charge is -2.25. The van der Waals surface area contributed by atoms with Crippen LogP contribution in [0.1, 0.15) is 40.8 Å². The second-order valence-corrected chi connectivity index (χ2v) is 9.09. The maximum atomic E-state index is 13.2. The van der Waals surface area contributed by atoms with E-state index in [2.05, 4.69) is 0 Å². The Bertz CT molecular complexity index is 1280. The van der Waals surface area contributed by atoms with Gasteiger partial charge in [-0.3, -0.25) is 9.59 Å². The van der Waals surface area contributed by atoms with Crippen molar-refractivity contribution in [3.63, 3.8) is 0 Å². The van der Waals surface area contributed by atoms with Gasteiger partial charge in [-0.15, -0.1) is 0 Å². The monoisotopic (exact) mass is 453 g/mol. The van der Waals surface area contributed by atoms with Gasteiger partial charge in [-0.25, -0.2) is 0 Å². The highest BCUT2D eigenvalue weighted by atomic mass is 16.5. The van der Waals surface area contributed by atoms with Crippen molar-refractivity contribution in [2.24, 2.45) is 0 Å². The molecule has 0 aliphatic carbocycles. The zero-order chi connectivity index (χ0) is 23.8. The number of amides is 1. The summed E-state index contributed by atoms with van der Waals surface area (Å²) in [5, 5.41) is 11.3. The minimum absolute atomic E-state index is 0.0727. The number of hydrogen-bond donors (Lipinski definition) is 1. The summed E-state index contributed by atoms with van der Waals surface area (Å²) in [7, 11) is 0. The van der Waals surface area contributed by atoms with Gasteiger partial charge in [0.1, 0.15) is 17.6 Å². The van der Waals surface area contributed by atoms with Crippen LogP contribution in [0.5, 0.6) is 5.75 Å². The number of aryl methyl sites for hydroxylation is 1. The molecule has 1 fully saturated rings. The molecule has 1 N–H and O–H groups in total. The average molecular weight is 454 g/mol. The van der Waals surface area contributed by atoms with Crippen molar-refractivity contribution in [2.45, 2.75) is 38.8 Å². The largest absolute Gasteiger partial charge is 0.507 e. The van der Waals surface area contributed by atoms with Gasteiger partial charge in [0.05, 0.1) is 11.6 Å². The molecular weight excluding hydrogens is 426 g/mol. The first kappa shape index (κ1) is 22.0. The molecule has 2 atom stereocenters. The van der Waals surface area contributed by atoms with E-state index in [0.717, 1.165) is 34.4 Å². The number of carbonyl (C=O) groups excluding carboxylic acids is 2. The van der Waals surface area contributed by atoms with Crippen LogP contribution < -0.4 is 4.74 Å². The summed E-state index contributed by atoms with van der Waals surface area (Å²) in [5.74, 6) is -0.585. The normalized spacial score (nSPS) is 20.9.